The molecule has 1 aromatic heterocycles. The smallest absolute Gasteiger partial charge is 0.351 e. The summed E-state index contributed by atoms with van der Waals surface area (Å²) in [5.74, 6) is -0.509. The first kappa shape index (κ1) is 18.0. The van der Waals surface area contributed by atoms with Gasteiger partial charge in [0, 0.05) is 12.2 Å². The molecule has 1 aromatic carbocycles. The van der Waals surface area contributed by atoms with Crippen molar-refractivity contribution in [1.29, 1.82) is 0 Å². The van der Waals surface area contributed by atoms with E-state index in [1.54, 1.807) is 26.0 Å². The molecule has 0 bridgehead atoms. The summed E-state index contributed by atoms with van der Waals surface area (Å²) in [5, 5.41) is 6.59. The molecule has 0 spiro atoms. The summed E-state index contributed by atoms with van der Waals surface area (Å²) in [7, 11) is 0. The third-order valence-corrected chi connectivity index (χ3v) is 3.52. The molecule has 5 nitrogen and oxygen atoms in total. The summed E-state index contributed by atoms with van der Waals surface area (Å²) in [4.78, 5) is 11.5. The molecule has 1 heterocycles. The standard InChI is InChI=1S/C16H19F3N4O/c1-9-6-10(2)23(22-9)13-5-4-12(8-21-15(24)11(3)20)14(7-13)16(17,18)19/h4-7,11H,8,20H2,1-3H3,(H,21,24)/t11-/m1/s1. The molecular weight excluding hydrogens is 321 g/mol. The first-order valence-electron chi connectivity index (χ1n) is 7.36. The van der Waals surface area contributed by atoms with Gasteiger partial charge in [-0.15, -0.1) is 0 Å². The molecule has 0 saturated carbocycles. The molecule has 0 aliphatic heterocycles. The summed E-state index contributed by atoms with van der Waals surface area (Å²) in [6.45, 7) is 4.76. The van der Waals surface area contributed by atoms with E-state index in [0.717, 1.165) is 11.8 Å². The minimum absolute atomic E-state index is 0.0261. The number of nitrogens with one attached hydrogen (secondary N) is 1. The van der Waals surface area contributed by atoms with E-state index in [0.29, 0.717) is 11.4 Å². The molecule has 24 heavy (non-hydrogen) atoms. The minimum Gasteiger partial charge on any atom is -0.351 e. The summed E-state index contributed by atoms with van der Waals surface area (Å²) in [5.41, 5.74) is 6.33. The summed E-state index contributed by atoms with van der Waals surface area (Å²) >= 11 is 0. The lowest BCUT2D eigenvalue weighted by atomic mass is 10.1. The van der Waals surface area contributed by atoms with Gasteiger partial charge in [-0.3, -0.25) is 4.79 Å². The quantitative estimate of drug-likeness (QED) is 0.898. The van der Waals surface area contributed by atoms with E-state index in [9.17, 15) is 18.0 Å². The van der Waals surface area contributed by atoms with Crippen molar-refractivity contribution in [1.82, 2.24) is 15.1 Å². The molecule has 0 unspecified atom stereocenters. The van der Waals surface area contributed by atoms with E-state index in [4.69, 9.17) is 5.73 Å². The zero-order valence-corrected chi connectivity index (χ0v) is 13.6. The molecule has 3 N–H and O–H groups in total. The third kappa shape index (κ3) is 3.94. The lowest BCUT2D eigenvalue weighted by molar-refractivity contribution is -0.138. The van der Waals surface area contributed by atoms with Gasteiger partial charge in [0.15, 0.2) is 0 Å². The second kappa shape index (κ2) is 6.64. The normalized spacial score (nSPS) is 13.0. The molecule has 130 valence electrons. The Kier molecular flexibility index (Phi) is 4.98. The van der Waals surface area contributed by atoms with Crippen LogP contribution < -0.4 is 11.1 Å². The first-order chi connectivity index (χ1) is 11.1. The van der Waals surface area contributed by atoms with E-state index in [-0.39, 0.29) is 12.1 Å². The van der Waals surface area contributed by atoms with Gasteiger partial charge in [0.2, 0.25) is 5.91 Å². The van der Waals surface area contributed by atoms with Gasteiger partial charge in [-0.25, -0.2) is 4.68 Å². The van der Waals surface area contributed by atoms with Gasteiger partial charge < -0.3 is 11.1 Å². The summed E-state index contributed by atoms with van der Waals surface area (Å²) in [6, 6.07) is 4.92. The Bertz CT molecular complexity index is 750. The average Bonchev–Trinajstić information content (AvgIpc) is 2.82. The fraction of sp³-hybridized carbons (Fsp3) is 0.375. The Morgan fingerprint density at radius 1 is 1.33 bits per heavy atom. The second-order valence-corrected chi connectivity index (χ2v) is 5.68. The predicted octanol–water partition coefficient (Wildman–Crippen LogP) is 2.47. The van der Waals surface area contributed by atoms with Gasteiger partial charge in [0.1, 0.15) is 0 Å². The Hall–Kier alpha value is -2.35. The van der Waals surface area contributed by atoms with Crippen LogP contribution in [0.1, 0.15) is 29.4 Å². The monoisotopic (exact) mass is 340 g/mol. The fourth-order valence-corrected chi connectivity index (χ4v) is 2.35. The molecule has 1 atom stereocenters. The lowest BCUT2D eigenvalue weighted by Crippen LogP contribution is -2.38. The van der Waals surface area contributed by atoms with Gasteiger partial charge in [0.25, 0.3) is 0 Å². The van der Waals surface area contributed by atoms with Crippen LogP contribution in [-0.2, 0) is 17.5 Å². The number of hydrogen-bond acceptors (Lipinski definition) is 3. The minimum atomic E-state index is -4.54. The van der Waals surface area contributed by atoms with Gasteiger partial charge in [-0.2, -0.15) is 18.3 Å². The molecule has 2 rings (SSSR count). The number of aryl methyl sites for hydroxylation is 2. The van der Waals surface area contributed by atoms with Crippen LogP contribution in [0.3, 0.4) is 0 Å². The second-order valence-electron chi connectivity index (χ2n) is 5.68. The van der Waals surface area contributed by atoms with Crippen molar-refractivity contribution in [3.63, 3.8) is 0 Å². The van der Waals surface area contributed by atoms with Crippen molar-refractivity contribution in [3.05, 3.63) is 46.8 Å². The van der Waals surface area contributed by atoms with E-state index in [2.05, 4.69) is 10.4 Å². The molecule has 0 fully saturated rings. The molecule has 0 saturated heterocycles. The highest BCUT2D eigenvalue weighted by molar-refractivity contribution is 5.80. The highest BCUT2D eigenvalue weighted by Crippen LogP contribution is 2.33. The molecule has 0 aliphatic carbocycles. The van der Waals surface area contributed by atoms with Crippen molar-refractivity contribution in [3.8, 4) is 5.69 Å². The number of carbonyl (C=O) groups excluding carboxylic acids is 1. The Labute approximate surface area is 137 Å². The highest BCUT2D eigenvalue weighted by Gasteiger charge is 2.34. The van der Waals surface area contributed by atoms with Gasteiger partial charge >= 0.3 is 6.18 Å². The maximum atomic E-state index is 13.4. The number of nitrogens with two attached hydrogens (primary N) is 1. The Morgan fingerprint density at radius 2 is 2.00 bits per heavy atom. The number of hydrogen-bond donors (Lipinski definition) is 2. The van der Waals surface area contributed by atoms with Crippen LogP contribution in [0.15, 0.2) is 24.3 Å². The molecule has 1 amide bonds. The van der Waals surface area contributed by atoms with Crippen LogP contribution in [0, 0.1) is 13.8 Å². The average molecular weight is 340 g/mol. The van der Waals surface area contributed by atoms with Gasteiger partial charge in [-0.1, -0.05) is 6.07 Å². The third-order valence-electron chi connectivity index (χ3n) is 3.52. The van der Waals surface area contributed by atoms with Crippen LogP contribution in [0.2, 0.25) is 0 Å². The number of amides is 1. The molecule has 0 aliphatic rings. The van der Waals surface area contributed by atoms with E-state index < -0.39 is 23.7 Å². The van der Waals surface area contributed by atoms with Crippen molar-refractivity contribution in [2.24, 2.45) is 5.73 Å². The van der Waals surface area contributed by atoms with E-state index in [1.807, 2.05) is 0 Å². The topological polar surface area (TPSA) is 72.9 Å². The summed E-state index contributed by atoms with van der Waals surface area (Å²) in [6.07, 6.45) is -4.54. The number of aromatic nitrogens is 2. The van der Waals surface area contributed by atoms with Gasteiger partial charge in [0.05, 0.1) is 23.0 Å². The number of benzene rings is 1. The lowest BCUT2D eigenvalue weighted by Gasteiger charge is -2.16. The number of alkyl halides is 3. The fourth-order valence-electron chi connectivity index (χ4n) is 2.35. The summed E-state index contributed by atoms with van der Waals surface area (Å²) < 4.78 is 41.6. The number of halogens is 3. The van der Waals surface area contributed by atoms with Crippen molar-refractivity contribution < 1.29 is 18.0 Å². The largest absolute Gasteiger partial charge is 0.416 e. The van der Waals surface area contributed by atoms with Crippen LogP contribution >= 0.6 is 0 Å². The van der Waals surface area contributed by atoms with Crippen molar-refractivity contribution >= 4 is 5.91 Å². The van der Waals surface area contributed by atoms with Crippen LogP contribution in [-0.4, -0.2) is 21.7 Å². The molecular formula is C16H19F3N4O. The highest BCUT2D eigenvalue weighted by atomic mass is 19.4. The Balaban J connectivity index is 2.39. The maximum absolute atomic E-state index is 13.4. The molecule has 8 heteroatoms. The van der Waals surface area contributed by atoms with Crippen molar-refractivity contribution in [2.75, 3.05) is 0 Å². The van der Waals surface area contributed by atoms with Crippen LogP contribution in [0.25, 0.3) is 5.69 Å². The molecule has 2 aromatic rings. The maximum Gasteiger partial charge on any atom is 0.416 e. The van der Waals surface area contributed by atoms with Crippen LogP contribution in [0.4, 0.5) is 13.2 Å². The van der Waals surface area contributed by atoms with Crippen LogP contribution in [0.5, 0.6) is 0 Å². The van der Waals surface area contributed by atoms with E-state index >= 15 is 0 Å². The zero-order chi connectivity index (χ0) is 18.1. The number of rotatable bonds is 4. The first-order valence-corrected chi connectivity index (χ1v) is 7.36. The van der Waals surface area contributed by atoms with E-state index in [1.165, 1.54) is 17.7 Å². The van der Waals surface area contributed by atoms with Crippen molar-refractivity contribution in [2.45, 2.75) is 39.5 Å². The van der Waals surface area contributed by atoms with Gasteiger partial charge in [-0.05, 0) is 44.5 Å². The number of carbonyl (C=O) groups is 1. The number of nitrogens with zero attached hydrogens (tertiary/aromatic N) is 2. The SMILES string of the molecule is Cc1cc(C)n(-c2ccc(CNC(=O)[C@@H](C)N)c(C(F)(F)F)c2)n1. The predicted molar refractivity (Wildman–Crippen MR) is 83.5 cm³/mol. The molecule has 0 radical (unpaired) electrons. The Morgan fingerprint density at radius 3 is 2.50 bits per heavy atom. The zero-order valence-electron chi connectivity index (χ0n) is 13.6.